The molecule has 3 aromatic carbocycles. The minimum absolute atomic E-state index is 0.0811. The molecule has 5 aromatic rings. The van der Waals surface area contributed by atoms with Crippen LogP contribution in [0.5, 0.6) is 5.88 Å². The number of carbonyl (C=O) groups excluding carboxylic acids is 1. The molecular formula is C25H18N4O3. The van der Waals surface area contributed by atoms with Crippen molar-refractivity contribution in [3.8, 4) is 5.88 Å². The zero-order valence-electron chi connectivity index (χ0n) is 16.9. The quantitative estimate of drug-likeness (QED) is 0.391. The number of hydrogen-bond donors (Lipinski definition) is 2. The first kappa shape index (κ1) is 19.4. The van der Waals surface area contributed by atoms with Crippen LogP contribution in [0.25, 0.3) is 21.8 Å². The van der Waals surface area contributed by atoms with E-state index >= 15 is 0 Å². The van der Waals surface area contributed by atoms with Crippen LogP contribution in [0, 0.1) is 0 Å². The smallest absolute Gasteiger partial charge is 0.296 e. The number of rotatable bonds is 4. The first-order chi connectivity index (χ1) is 15.6. The van der Waals surface area contributed by atoms with Gasteiger partial charge in [0.05, 0.1) is 17.6 Å². The lowest BCUT2D eigenvalue weighted by atomic mass is 10.1. The third-order valence-corrected chi connectivity index (χ3v) is 5.32. The van der Waals surface area contributed by atoms with Gasteiger partial charge in [-0.3, -0.25) is 9.59 Å². The molecule has 5 rings (SSSR count). The van der Waals surface area contributed by atoms with E-state index in [1.165, 1.54) is 6.07 Å². The largest absolute Gasteiger partial charge is 0.493 e. The van der Waals surface area contributed by atoms with E-state index in [2.05, 4.69) is 15.2 Å². The summed E-state index contributed by atoms with van der Waals surface area (Å²) in [5.74, 6) is -0.742. The molecule has 0 spiro atoms. The number of azo groups is 1. The molecule has 2 N–H and O–H groups in total. The van der Waals surface area contributed by atoms with Gasteiger partial charge in [-0.15, -0.1) is 10.2 Å². The van der Waals surface area contributed by atoms with Crippen molar-refractivity contribution >= 4 is 33.4 Å². The second kappa shape index (κ2) is 7.96. The molecule has 0 saturated heterocycles. The molecule has 0 bridgehead atoms. The SMILES string of the molecule is O=C(N=Nc1c(O)n(Cc2ccccc2)c2ccccc12)c1cc(=O)[nH]c2ccccc12. The Bertz CT molecular complexity index is 1550. The summed E-state index contributed by atoms with van der Waals surface area (Å²) in [5, 5.41) is 20.1. The molecule has 32 heavy (non-hydrogen) atoms. The van der Waals surface area contributed by atoms with Crippen LogP contribution in [0.1, 0.15) is 15.9 Å². The predicted molar refractivity (Wildman–Crippen MR) is 123 cm³/mol. The predicted octanol–water partition coefficient (Wildman–Crippen LogP) is 5.16. The molecule has 0 fully saturated rings. The molecule has 0 unspecified atom stereocenters. The van der Waals surface area contributed by atoms with E-state index in [-0.39, 0.29) is 17.1 Å². The number of H-pyrrole nitrogens is 1. The standard InChI is InChI=1S/C25H18N4O3/c30-22-14-19(17-10-4-6-12-20(17)26-22)24(31)28-27-23-18-11-5-7-13-21(18)29(25(23)32)15-16-8-2-1-3-9-16/h1-14,32H,15H2,(H,26,30). The van der Waals surface area contributed by atoms with Crippen LogP contribution in [0.2, 0.25) is 0 Å². The summed E-state index contributed by atoms with van der Waals surface area (Å²) in [6.07, 6.45) is 0. The number of carbonyl (C=O) groups is 1. The molecule has 0 aliphatic rings. The molecule has 0 aliphatic carbocycles. The van der Waals surface area contributed by atoms with Gasteiger partial charge in [0.2, 0.25) is 11.4 Å². The number of nitrogens with zero attached hydrogens (tertiary/aromatic N) is 3. The molecule has 2 aromatic heterocycles. The number of hydrogen-bond acceptors (Lipinski definition) is 4. The topological polar surface area (TPSA) is 99.8 Å². The molecule has 2 heterocycles. The summed E-state index contributed by atoms with van der Waals surface area (Å²) in [6, 6.07) is 25.3. The van der Waals surface area contributed by atoms with Gasteiger partial charge in [-0.2, -0.15) is 0 Å². The Labute approximate surface area is 182 Å². The van der Waals surface area contributed by atoms with Crippen LogP contribution in [0.4, 0.5) is 5.69 Å². The Kier molecular flexibility index (Phi) is 4.84. The maximum absolute atomic E-state index is 12.8. The highest BCUT2D eigenvalue weighted by molar-refractivity contribution is 6.06. The van der Waals surface area contributed by atoms with Crippen LogP contribution >= 0.6 is 0 Å². The number of fused-ring (bicyclic) bond motifs is 2. The number of aromatic hydroxyl groups is 1. The normalized spacial score (nSPS) is 11.5. The first-order valence-electron chi connectivity index (χ1n) is 10.0. The van der Waals surface area contributed by atoms with E-state index in [0.29, 0.717) is 22.8 Å². The summed E-state index contributed by atoms with van der Waals surface area (Å²) < 4.78 is 1.73. The van der Waals surface area contributed by atoms with Gasteiger partial charge in [0.15, 0.2) is 5.69 Å². The number of amides is 1. The van der Waals surface area contributed by atoms with Crippen molar-refractivity contribution in [3.63, 3.8) is 0 Å². The van der Waals surface area contributed by atoms with Crippen molar-refractivity contribution in [2.45, 2.75) is 6.54 Å². The summed E-state index contributed by atoms with van der Waals surface area (Å²) in [6.45, 7) is 0.440. The fraction of sp³-hybridized carbons (Fsp3) is 0.0400. The van der Waals surface area contributed by atoms with Gasteiger partial charge < -0.3 is 14.7 Å². The Morgan fingerprint density at radius 1 is 0.906 bits per heavy atom. The van der Waals surface area contributed by atoms with Crippen molar-refractivity contribution < 1.29 is 9.90 Å². The van der Waals surface area contributed by atoms with Crippen LogP contribution in [0.3, 0.4) is 0 Å². The minimum Gasteiger partial charge on any atom is -0.493 e. The maximum atomic E-state index is 12.8. The summed E-state index contributed by atoms with van der Waals surface area (Å²) in [4.78, 5) is 27.5. The fourth-order valence-electron chi connectivity index (χ4n) is 3.83. The molecule has 0 atom stereocenters. The van der Waals surface area contributed by atoms with E-state index in [1.54, 1.807) is 28.8 Å². The van der Waals surface area contributed by atoms with Crippen molar-refractivity contribution in [3.05, 3.63) is 106 Å². The molecule has 156 valence electrons. The van der Waals surface area contributed by atoms with Crippen molar-refractivity contribution in [1.29, 1.82) is 0 Å². The average molecular weight is 422 g/mol. The second-order valence-corrected chi connectivity index (χ2v) is 7.36. The van der Waals surface area contributed by atoms with Crippen molar-refractivity contribution in [2.75, 3.05) is 0 Å². The van der Waals surface area contributed by atoms with Gasteiger partial charge in [-0.25, -0.2) is 0 Å². The molecule has 0 radical (unpaired) electrons. The fourth-order valence-corrected chi connectivity index (χ4v) is 3.83. The number of para-hydroxylation sites is 2. The molecule has 7 heteroatoms. The highest BCUT2D eigenvalue weighted by Crippen LogP contribution is 2.39. The number of pyridine rings is 1. The first-order valence-corrected chi connectivity index (χ1v) is 10.0. The lowest BCUT2D eigenvalue weighted by Gasteiger charge is -2.06. The average Bonchev–Trinajstić information content (AvgIpc) is 3.08. The molecule has 1 amide bonds. The van der Waals surface area contributed by atoms with E-state index in [0.717, 1.165) is 11.1 Å². The van der Waals surface area contributed by atoms with Crippen LogP contribution in [-0.2, 0) is 6.54 Å². The zero-order valence-corrected chi connectivity index (χ0v) is 16.9. The van der Waals surface area contributed by atoms with Gasteiger partial charge in [-0.05, 0) is 17.7 Å². The minimum atomic E-state index is -0.661. The maximum Gasteiger partial charge on any atom is 0.296 e. The molecule has 0 aliphatic heterocycles. The van der Waals surface area contributed by atoms with Gasteiger partial charge in [-0.1, -0.05) is 66.7 Å². The lowest BCUT2D eigenvalue weighted by Crippen LogP contribution is -2.09. The van der Waals surface area contributed by atoms with Gasteiger partial charge in [0.1, 0.15) is 0 Å². The van der Waals surface area contributed by atoms with E-state index < -0.39 is 11.5 Å². The van der Waals surface area contributed by atoms with E-state index in [4.69, 9.17) is 0 Å². The van der Waals surface area contributed by atoms with Gasteiger partial charge in [0.25, 0.3) is 5.91 Å². The Hall–Kier alpha value is -4.52. The van der Waals surface area contributed by atoms with Crippen LogP contribution in [0.15, 0.2) is 100.0 Å². The summed E-state index contributed by atoms with van der Waals surface area (Å²) >= 11 is 0. The second-order valence-electron chi connectivity index (χ2n) is 7.36. The Balaban J connectivity index is 1.57. The molecule has 7 nitrogen and oxygen atoms in total. The number of nitrogens with one attached hydrogen (secondary N) is 1. The summed E-state index contributed by atoms with van der Waals surface area (Å²) in [5.41, 5.74) is 2.29. The number of aromatic amines is 1. The zero-order chi connectivity index (χ0) is 22.1. The third-order valence-electron chi connectivity index (χ3n) is 5.32. The third kappa shape index (κ3) is 3.45. The van der Waals surface area contributed by atoms with E-state index in [9.17, 15) is 14.7 Å². The van der Waals surface area contributed by atoms with Crippen LogP contribution in [-0.4, -0.2) is 20.6 Å². The number of aromatic nitrogens is 2. The highest BCUT2D eigenvalue weighted by Gasteiger charge is 2.18. The summed E-state index contributed by atoms with van der Waals surface area (Å²) in [7, 11) is 0. The lowest BCUT2D eigenvalue weighted by molar-refractivity contribution is 0.0996. The van der Waals surface area contributed by atoms with Crippen molar-refractivity contribution in [1.82, 2.24) is 9.55 Å². The Morgan fingerprint density at radius 3 is 2.41 bits per heavy atom. The van der Waals surface area contributed by atoms with E-state index in [1.807, 2.05) is 54.6 Å². The van der Waals surface area contributed by atoms with Gasteiger partial charge in [0, 0.05) is 22.4 Å². The number of benzene rings is 3. The van der Waals surface area contributed by atoms with Crippen LogP contribution < -0.4 is 5.56 Å². The van der Waals surface area contributed by atoms with Gasteiger partial charge >= 0.3 is 0 Å². The highest BCUT2D eigenvalue weighted by atomic mass is 16.3. The Morgan fingerprint density at radius 2 is 1.59 bits per heavy atom. The molecular weight excluding hydrogens is 404 g/mol. The monoisotopic (exact) mass is 422 g/mol. The van der Waals surface area contributed by atoms with Crippen molar-refractivity contribution in [2.24, 2.45) is 10.2 Å². The molecule has 0 saturated carbocycles.